The highest BCUT2D eigenvalue weighted by atomic mass is 32.2. The van der Waals surface area contributed by atoms with E-state index >= 15 is 0 Å². The minimum Gasteiger partial charge on any atom is -0.497 e. The van der Waals surface area contributed by atoms with Crippen molar-refractivity contribution in [3.63, 3.8) is 0 Å². The summed E-state index contributed by atoms with van der Waals surface area (Å²) in [6.45, 7) is -0.287. The third-order valence-electron chi connectivity index (χ3n) is 1.94. The molecular weight excluding hydrogens is 232 g/mol. The van der Waals surface area contributed by atoms with Gasteiger partial charge in [-0.1, -0.05) is 12.1 Å². The molecule has 1 aromatic rings. The molecule has 0 saturated heterocycles. The van der Waals surface area contributed by atoms with E-state index in [9.17, 15) is 13.5 Å². The molecule has 0 radical (unpaired) electrons. The SMILES string of the molecule is COc1ccc([C@@H](O)COS(C)(=O)=O)cc1. The van der Waals surface area contributed by atoms with Crippen LogP contribution in [0, 0.1) is 0 Å². The van der Waals surface area contributed by atoms with Gasteiger partial charge in [0, 0.05) is 0 Å². The lowest BCUT2D eigenvalue weighted by Gasteiger charge is -2.10. The van der Waals surface area contributed by atoms with Gasteiger partial charge in [-0.3, -0.25) is 4.18 Å². The molecule has 1 atom stereocenters. The summed E-state index contributed by atoms with van der Waals surface area (Å²) >= 11 is 0. The van der Waals surface area contributed by atoms with Crippen molar-refractivity contribution in [1.82, 2.24) is 0 Å². The molecule has 0 unspecified atom stereocenters. The van der Waals surface area contributed by atoms with Crippen molar-refractivity contribution >= 4 is 10.1 Å². The number of ether oxygens (including phenoxy) is 1. The van der Waals surface area contributed by atoms with Gasteiger partial charge in [0.05, 0.1) is 20.0 Å². The Morgan fingerprint density at radius 3 is 2.31 bits per heavy atom. The fraction of sp³-hybridized carbons (Fsp3) is 0.400. The van der Waals surface area contributed by atoms with Crippen LogP contribution in [0.1, 0.15) is 11.7 Å². The van der Waals surface area contributed by atoms with Crippen LogP contribution in [0.5, 0.6) is 5.75 Å². The normalized spacial score (nSPS) is 13.4. The summed E-state index contributed by atoms with van der Waals surface area (Å²) < 4.78 is 30.9. The van der Waals surface area contributed by atoms with E-state index in [1.807, 2.05) is 0 Å². The molecule has 0 aromatic heterocycles. The first kappa shape index (κ1) is 13.0. The van der Waals surface area contributed by atoms with Crippen molar-refractivity contribution in [3.8, 4) is 5.75 Å². The lowest BCUT2D eigenvalue weighted by molar-refractivity contribution is 0.112. The highest BCUT2D eigenvalue weighted by Crippen LogP contribution is 2.18. The lowest BCUT2D eigenvalue weighted by Crippen LogP contribution is -2.11. The number of aliphatic hydroxyl groups is 1. The van der Waals surface area contributed by atoms with Gasteiger partial charge in [0.1, 0.15) is 11.9 Å². The number of methoxy groups -OCH3 is 1. The Morgan fingerprint density at radius 1 is 1.31 bits per heavy atom. The van der Waals surface area contributed by atoms with Crippen LogP contribution in [-0.2, 0) is 14.3 Å². The maximum absolute atomic E-state index is 10.7. The lowest BCUT2D eigenvalue weighted by atomic mass is 10.1. The van der Waals surface area contributed by atoms with E-state index in [1.54, 1.807) is 24.3 Å². The zero-order chi connectivity index (χ0) is 12.2. The molecule has 0 aliphatic rings. The van der Waals surface area contributed by atoms with Gasteiger partial charge in [-0.05, 0) is 17.7 Å². The summed E-state index contributed by atoms with van der Waals surface area (Å²) in [5.74, 6) is 0.667. The van der Waals surface area contributed by atoms with Gasteiger partial charge < -0.3 is 9.84 Å². The maximum Gasteiger partial charge on any atom is 0.264 e. The Kier molecular flexibility index (Phi) is 4.28. The molecule has 0 aliphatic carbocycles. The largest absolute Gasteiger partial charge is 0.497 e. The first-order valence-electron chi connectivity index (χ1n) is 4.59. The minimum absolute atomic E-state index is 0.287. The van der Waals surface area contributed by atoms with E-state index in [1.165, 1.54) is 7.11 Å². The molecule has 0 saturated carbocycles. The first-order chi connectivity index (χ1) is 7.42. The van der Waals surface area contributed by atoms with E-state index in [0.29, 0.717) is 11.3 Å². The summed E-state index contributed by atoms with van der Waals surface area (Å²) in [4.78, 5) is 0. The quantitative estimate of drug-likeness (QED) is 0.774. The van der Waals surface area contributed by atoms with Gasteiger partial charge in [0.2, 0.25) is 0 Å². The highest BCUT2D eigenvalue weighted by molar-refractivity contribution is 7.85. The molecule has 16 heavy (non-hydrogen) atoms. The molecule has 90 valence electrons. The molecule has 1 rings (SSSR count). The molecular formula is C10H14O5S. The highest BCUT2D eigenvalue weighted by Gasteiger charge is 2.11. The van der Waals surface area contributed by atoms with Crippen LogP contribution in [0.25, 0.3) is 0 Å². The zero-order valence-corrected chi connectivity index (χ0v) is 9.90. The van der Waals surface area contributed by atoms with Crippen molar-refractivity contribution < 1.29 is 22.4 Å². The molecule has 0 amide bonds. The fourth-order valence-electron chi connectivity index (χ4n) is 1.11. The third-order valence-corrected chi connectivity index (χ3v) is 2.50. The Labute approximate surface area is 94.7 Å². The van der Waals surface area contributed by atoms with Crippen LogP contribution in [0.2, 0.25) is 0 Å². The van der Waals surface area contributed by atoms with Crippen LogP contribution < -0.4 is 4.74 Å². The van der Waals surface area contributed by atoms with Gasteiger partial charge in [-0.15, -0.1) is 0 Å². The Balaban J connectivity index is 2.62. The summed E-state index contributed by atoms with van der Waals surface area (Å²) in [6.07, 6.45) is -0.0334. The second-order valence-corrected chi connectivity index (χ2v) is 4.92. The molecule has 0 fully saturated rings. The molecule has 0 heterocycles. The number of hydrogen-bond acceptors (Lipinski definition) is 5. The monoisotopic (exact) mass is 246 g/mol. The number of benzene rings is 1. The Hall–Kier alpha value is -1.11. The average Bonchev–Trinajstić information content (AvgIpc) is 2.25. The van der Waals surface area contributed by atoms with Gasteiger partial charge in [0.15, 0.2) is 0 Å². The van der Waals surface area contributed by atoms with Crippen molar-refractivity contribution in [2.45, 2.75) is 6.10 Å². The van der Waals surface area contributed by atoms with E-state index in [2.05, 4.69) is 4.18 Å². The van der Waals surface area contributed by atoms with Gasteiger partial charge in [0.25, 0.3) is 10.1 Å². The van der Waals surface area contributed by atoms with Crippen molar-refractivity contribution in [2.24, 2.45) is 0 Å². The second kappa shape index (κ2) is 5.29. The average molecular weight is 246 g/mol. The summed E-state index contributed by atoms with van der Waals surface area (Å²) in [5.41, 5.74) is 0.574. The van der Waals surface area contributed by atoms with Gasteiger partial charge in [-0.2, -0.15) is 8.42 Å². The van der Waals surface area contributed by atoms with Crippen LogP contribution >= 0.6 is 0 Å². The predicted octanol–water partition coefficient (Wildman–Crippen LogP) is 0.705. The smallest absolute Gasteiger partial charge is 0.264 e. The number of rotatable bonds is 5. The van der Waals surface area contributed by atoms with Crippen molar-refractivity contribution in [2.75, 3.05) is 20.0 Å². The van der Waals surface area contributed by atoms with Crippen molar-refractivity contribution in [1.29, 1.82) is 0 Å². The Bertz CT molecular complexity index is 423. The Morgan fingerprint density at radius 2 is 1.88 bits per heavy atom. The summed E-state index contributed by atoms with van der Waals surface area (Å²) in [7, 11) is -1.98. The van der Waals surface area contributed by atoms with Crippen LogP contribution in [0.3, 0.4) is 0 Å². The molecule has 0 spiro atoms. The van der Waals surface area contributed by atoms with Crippen LogP contribution in [0.4, 0.5) is 0 Å². The number of aliphatic hydroxyl groups excluding tert-OH is 1. The third kappa shape index (κ3) is 4.18. The van der Waals surface area contributed by atoms with E-state index in [-0.39, 0.29) is 6.61 Å². The number of hydrogen-bond donors (Lipinski definition) is 1. The summed E-state index contributed by atoms with van der Waals surface area (Å²) in [5, 5.41) is 9.62. The molecule has 1 aromatic carbocycles. The first-order valence-corrected chi connectivity index (χ1v) is 6.40. The van der Waals surface area contributed by atoms with Crippen LogP contribution in [0.15, 0.2) is 24.3 Å². The standard InChI is InChI=1S/C10H14O5S/c1-14-9-5-3-8(4-6-9)10(11)7-15-16(2,12)13/h3-6,10-11H,7H2,1-2H3/t10-/m0/s1. The molecule has 6 heteroatoms. The van der Waals surface area contributed by atoms with E-state index in [4.69, 9.17) is 4.74 Å². The van der Waals surface area contributed by atoms with Crippen molar-refractivity contribution in [3.05, 3.63) is 29.8 Å². The minimum atomic E-state index is -3.52. The van der Waals surface area contributed by atoms with Crippen LogP contribution in [-0.4, -0.2) is 33.5 Å². The van der Waals surface area contributed by atoms with Gasteiger partial charge in [-0.25, -0.2) is 0 Å². The molecule has 0 bridgehead atoms. The zero-order valence-electron chi connectivity index (χ0n) is 9.08. The van der Waals surface area contributed by atoms with E-state index in [0.717, 1.165) is 6.26 Å². The molecule has 5 nitrogen and oxygen atoms in total. The summed E-state index contributed by atoms with van der Waals surface area (Å²) in [6, 6.07) is 6.66. The molecule has 0 aliphatic heterocycles. The maximum atomic E-state index is 10.7. The van der Waals surface area contributed by atoms with E-state index < -0.39 is 16.2 Å². The fourth-order valence-corrected chi connectivity index (χ4v) is 1.49. The van der Waals surface area contributed by atoms with Gasteiger partial charge >= 0.3 is 0 Å². The topological polar surface area (TPSA) is 72.8 Å². The second-order valence-electron chi connectivity index (χ2n) is 3.28. The molecule has 1 N–H and O–H groups in total. The predicted molar refractivity (Wildman–Crippen MR) is 58.7 cm³/mol.